The Labute approximate surface area is 92.4 Å². The normalized spacial score (nSPS) is 9.25. The molecule has 0 aromatic rings. The third kappa shape index (κ3) is 6.41. The molecule has 0 aromatic heterocycles. The molecule has 7 nitrogen and oxygen atoms in total. The number of nitrogens with zero attached hydrogens (tertiary/aromatic N) is 1. The molecular weight excluding hydrogens is 216 g/mol. The third-order valence-electron chi connectivity index (χ3n) is 1.56. The van der Waals surface area contributed by atoms with Gasteiger partial charge in [-0.25, -0.2) is 4.79 Å². The topological polar surface area (TPSA) is 107 Å². The van der Waals surface area contributed by atoms with Gasteiger partial charge in [-0.1, -0.05) is 6.08 Å². The molecule has 16 heavy (non-hydrogen) atoms. The molecule has 0 spiro atoms. The number of carbonyl (C=O) groups excluding carboxylic acids is 1. The summed E-state index contributed by atoms with van der Waals surface area (Å²) in [4.78, 5) is 32.8. The number of carboxylic acid groups (broad SMARTS) is 2. The van der Waals surface area contributed by atoms with Crippen LogP contribution in [0.1, 0.15) is 6.42 Å². The lowest BCUT2D eigenvalue weighted by Gasteiger charge is -2.18. The maximum Gasteiger partial charge on any atom is 0.323 e. The highest BCUT2D eigenvalue weighted by Gasteiger charge is 2.18. The van der Waals surface area contributed by atoms with E-state index < -0.39 is 31.1 Å². The van der Waals surface area contributed by atoms with Crippen molar-refractivity contribution in [1.29, 1.82) is 0 Å². The van der Waals surface area contributed by atoms with Crippen LogP contribution in [0.25, 0.3) is 0 Å². The minimum atomic E-state index is -1.26. The Morgan fingerprint density at radius 2 is 1.69 bits per heavy atom. The number of hydrogen-bond acceptors (Lipinski definition) is 3. The van der Waals surface area contributed by atoms with Crippen LogP contribution in [0, 0.1) is 0 Å². The van der Waals surface area contributed by atoms with E-state index in [4.69, 9.17) is 10.2 Å². The van der Waals surface area contributed by atoms with Gasteiger partial charge in [0.15, 0.2) is 0 Å². The Morgan fingerprint density at radius 3 is 2.06 bits per heavy atom. The molecule has 0 heterocycles. The maximum absolute atomic E-state index is 11.3. The van der Waals surface area contributed by atoms with Crippen LogP contribution in [0.15, 0.2) is 12.7 Å². The number of carboxylic acids is 2. The number of nitrogens with one attached hydrogen (secondary N) is 1. The first kappa shape index (κ1) is 13.9. The lowest BCUT2D eigenvalue weighted by molar-refractivity contribution is -0.140. The van der Waals surface area contributed by atoms with Gasteiger partial charge in [0.25, 0.3) is 0 Å². The summed E-state index contributed by atoms with van der Waals surface area (Å²) < 4.78 is 0. The average molecular weight is 230 g/mol. The van der Waals surface area contributed by atoms with E-state index >= 15 is 0 Å². The van der Waals surface area contributed by atoms with Crippen molar-refractivity contribution in [2.75, 3.05) is 19.6 Å². The molecule has 0 fully saturated rings. The van der Waals surface area contributed by atoms with Gasteiger partial charge in [-0.3, -0.25) is 9.59 Å². The molecule has 0 saturated carbocycles. The third-order valence-corrected chi connectivity index (χ3v) is 1.56. The van der Waals surface area contributed by atoms with E-state index in [0.29, 0.717) is 11.3 Å². The van der Waals surface area contributed by atoms with Gasteiger partial charge >= 0.3 is 18.0 Å². The highest BCUT2D eigenvalue weighted by molar-refractivity contribution is 5.84. The van der Waals surface area contributed by atoms with Crippen molar-refractivity contribution in [1.82, 2.24) is 10.2 Å². The first-order valence-electron chi connectivity index (χ1n) is 4.54. The lowest BCUT2D eigenvalue weighted by atomic mass is 10.4. The minimum absolute atomic E-state index is 0.290. The van der Waals surface area contributed by atoms with Gasteiger partial charge in [0.2, 0.25) is 0 Å². The monoisotopic (exact) mass is 230 g/mol. The smallest absolute Gasteiger partial charge is 0.323 e. The van der Waals surface area contributed by atoms with Crippen molar-refractivity contribution in [2.24, 2.45) is 0 Å². The zero-order valence-electron chi connectivity index (χ0n) is 8.68. The Balaban J connectivity index is 4.25. The largest absolute Gasteiger partial charge is 0.480 e. The Morgan fingerprint density at radius 1 is 1.19 bits per heavy atom. The maximum atomic E-state index is 11.3. The molecule has 0 aliphatic heterocycles. The Kier molecular flexibility index (Phi) is 6.34. The molecular formula is C9H14N2O5. The molecule has 2 amide bonds. The van der Waals surface area contributed by atoms with Crippen molar-refractivity contribution >= 4 is 18.0 Å². The van der Waals surface area contributed by atoms with Crippen molar-refractivity contribution < 1.29 is 24.6 Å². The zero-order valence-corrected chi connectivity index (χ0v) is 8.68. The highest BCUT2D eigenvalue weighted by atomic mass is 16.4. The van der Waals surface area contributed by atoms with Crippen LogP contribution in [-0.4, -0.2) is 52.7 Å². The van der Waals surface area contributed by atoms with Gasteiger partial charge in [-0.05, 0) is 6.42 Å². The van der Waals surface area contributed by atoms with E-state index in [2.05, 4.69) is 11.9 Å². The molecule has 7 heteroatoms. The van der Waals surface area contributed by atoms with E-state index in [0.717, 1.165) is 0 Å². The van der Waals surface area contributed by atoms with Gasteiger partial charge in [0.05, 0.1) is 0 Å². The summed E-state index contributed by atoms with van der Waals surface area (Å²) >= 11 is 0. The Hall–Kier alpha value is -2.05. The van der Waals surface area contributed by atoms with Crippen LogP contribution >= 0.6 is 0 Å². The fraction of sp³-hybridized carbons (Fsp3) is 0.444. The second kappa shape index (κ2) is 7.27. The SMILES string of the molecule is C=CCCNC(=O)N(CC(=O)O)CC(=O)O. The molecule has 3 N–H and O–H groups in total. The number of carbonyl (C=O) groups is 3. The van der Waals surface area contributed by atoms with Crippen LogP contribution in [0.3, 0.4) is 0 Å². The number of rotatable bonds is 7. The number of aliphatic carboxylic acids is 2. The van der Waals surface area contributed by atoms with E-state index in [1.54, 1.807) is 6.08 Å². The molecule has 0 unspecified atom stereocenters. The van der Waals surface area contributed by atoms with Gasteiger partial charge in [0, 0.05) is 6.54 Å². The molecule has 0 aliphatic rings. The van der Waals surface area contributed by atoms with E-state index in [1.165, 1.54) is 0 Å². The second-order valence-electron chi connectivity index (χ2n) is 2.95. The first-order valence-corrected chi connectivity index (χ1v) is 4.54. The van der Waals surface area contributed by atoms with Crippen LogP contribution in [0.2, 0.25) is 0 Å². The highest BCUT2D eigenvalue weighted by Crippen LogP contribution is 1.90. The number of urea groups is 1. The van der Waals surface area contributed by atoms with Gasteiger partial charge < -0.3 is 20.4 Å². The molecule has 0 bridgehead atoms. The quantitative estimate of drug-likeness (QED) is 0.412. The summed E-state index contributed by atoms with van der Waals surface area (Å²) in [6, 6.07) is -0.716. The predicted molar refractivity (Wildman–Crippen MR) is 55.1 cm³/mol. The predicted octanol–water partition coefficient (Wildman–Crippen LogP) is -0.257. The summed E-state index contributed by atoms with van der Waals surface area (Å²) in [5, 5.41) is 19.4. The van der Waals surface area contributed by atoms with E-state index in [9.17, 15) is 14.4 Å². The molecule has 0 aliphatic carbocycles. The van der Waals surface area contributed by atoms with Crippen molar-refractivity contribution in [3.05, 3.63) is 12.7 Å². The minimum Gasteiger partial charge on any atom is -0.480 e. The molecule has 0 saturated heterocycles. The van der Waals surface area contributed by atoms with Crippen LogP contribution in [0.5, 0.6) is 0 Å². The first-order chi connectivity index (χ1) is 7.47. The van der Waals surface area contributed by atoms with E-state index in [-0.39, 0.29) is 6.54 Å². The van der Waals surface area contributed by atoms with Crippen molar-refractivity contribution in [2.45, 2.75) is 6.42 Å². The summed E-state index contributed by atoms with van der Waals surface area (Å²) in [5.41, 5.74) is 0. The van der Waals surface area contributed by atoms with Crippen LogP contribution in [-0.2, 0) is 9.59 Å². The molecule has 0 radical (unpaired) electrons. The standard InChI is InChI=1S/C9H14N2O5/c1-2-3-4-10-9(16)11(5-7(12)13)6-8(14)15/h2H,1,3-6H2,(H,10,16)(H,12,13)(H,14,15). The van der Waals surface area contributed by atoms with Gasteiger partial charge in [0.1, 0.15) is 13.1 Å². The molecule has 90 valence electrons. The van der Waals surface area contributed by atoms with Crippen LogP contribution in [0.4, 0.5) is 4.79 Å². The van der Waals surface area contributed by atoms with Crippen molar-refractivity contribution in [3.8, 4) is 0 Å². The number of hydrogen-bond donors (Lipinski definition) is 3. The number of amides is 2. The summed E-state index contributed by atoms with van der Waals surface area (Å²) in [5.74, 6) is -2.53. The van der Waals surface area contributed by atoms with Gasteiger partial charge in [-0.15, -0.1) is 6.58 Å². The fourth-order valence-corrected chi connectivity index (χ4v) is 0.919. The lowest BCUT2D eigenvalue weighted by Crippen LogP contribution is -2.45. The molecule has 0 aromatic carbocycles. The molecule has 0 atom stereocenters. The van der Waals surface area contributed by atoms with Crippen molar-refractivity contribution in [3.63, 3.8) is 0 Å². The van der Waals surface area contributed by atoms with Gasteiger partial charge in [-0.2, -0.15) is 0 Å². The fourth-order valence-electron chi connectivity index (χ4n) is 0.919. The van der Waals surface area contributed by atoms with E-state index in [1.807, 2.05) is 0 Å². The molecule has 0 rings (SSSR count). The summed E-state index contributed by atoms with van der Waals surface area (Å²) in [7, 11) is 0. The zero-order chi connectivity index (χ0) is 12.6. The summed E-state index contributed by atoms with van der Waals surface area (Å²) in [6.07, 6.45) is 2.11. The Bertz CT molecular complexity index is 274. The summed E-state index contributed by atoms with van der Waals surface area (Å²) in [6.45, 7) is 2.44. The second-order valence-corrected chi connectivity index (χ2v) is 2.95. The average Bonchev–Trinajstić information content (AvgIpc) is 2.15. The van der Waals surface area contributed by atoms with Crippen LogP contribution < -0.4 is 5.32 Å².